The first-order chi connectivity index (χ1) is 13.1. The van der Waals surface area contributed by atoms with Gasteiger partial charge in [0, 0.05) is 32.1 Å². The molecule has 1 saturated heterocycles. The summed E-state index contributed by atoms with van der Waals surface area (Å²) in [4.78, 5) is 27.6. The summed E-state index contributed by atoms with van der Waals surface area (Å²) in [6, 6.07) is 5.62. The molecule has 1 unspecified atom stereocenters. The normalized spacial score (nSPS) is 17.0. The van der Waals surface area contributed by atoms with E-state index in [0.29, 0.717) is 25.3 Å². The van der Waals surface area contributed by atoms with Gasteiger partial charge in [0.15, 0.2) is 5.69 Å². The van der Waals surface area contributed by atoms with Crippen LogP contribution in [0.3, 0.4) is 0 Å². The van der Waals surface area contributed by atoms with E-state index in [1.807, 2.05) is 0 Å². The van der Waals surface area contributed by atoms with E-state index in [2.05, 4.69) is 15.5 Å². The fourth-order valence-electron chi connectivity index (χ4n) is 3.14. The van der Waals surface area contributed by atoms with Crippen LogP contribution < -0.4 is 11.1 Å². The van der Waals surface area contributed by atoms with E-state index >= 15 is 0 Å². The maximum Gasteiger partial charge on any atom is 0.276 e. The van der Waals surface area contributed by atoms with Gasteiger partial charge in [0.2, 0.25) is 5.91 Å². The summed E-state index contributed by atoms with van der Waals surface area (Å²) in [5.41, 5.74) is 6.18. The Hall–Kier alpha value is -2.81. The Bertz CT molecular complexity index is 791. The number of hydrogen-bond acceptors (Lipinski definition) is 5. The molecule has 2 heterocycles. The van der Waals surface area contributed by atoms with E-state index in [1.54, 1.807) is 17.0 Å². The summed E-state index contributed by atoms with van der Waals surface area (Å²) in [5.74, 6) is -0.686. The average molecular weight is 374 g/mol. The van der Waals surface area contributed by atoms with Gasteiger partial charge in [-0.2, -0.15) is 9.90 Å². The predicted octanol–water partition coefficient (Wildman–Crippen LogP) is 0.866. The van der Waals surface area contributed by atoms with Gasteiger partial charge in [-0.1, -0.05) is 0 Å². The third kappa shape index (κ3) is 4.68. The molecule has 3 rings (SSSR count). The SMILES string of the molecule is NCCC(=O)NCC1CCCCN1C(=O)c1cnn(-c2ccc(F)cc2)n1. The average Bonchev–Trinajstić information content (AvgIpc) is 3.17. The summed E-state index contributed by atoms with van der Waals surface area (Å²) in [6.07, 6.45) is 4.41. The minimum Gasteiger partial charge on any atom is -0.354 e. The lowest BCUT2D eigenvalue weighted by atomic mass is 10.0. The zero-order valence-corrected chi connectivity index (χ0v) is 15.0. The number of benzene rings is 1. The van der Waals surface area contributed by atoms with Crippen LogP contribution in [0, 0.1) is 5.82 Å². The van der Waals surface area contributed by atoms with Gasteiger partial charge >= 0.3 is 0 Å². The van der Waals surface area contributed by atoms with Gasteiger partial charge in [-0.15, -0.1) is 5.10 Å². The molecule has 9 heteroatoms. The maximum atomic E-state index is 13.1. The topological polar surface area (TPSA) is 106 Å². The second kappa shape index (κ2) is 8.72. The van der Waals surface area contributed by atoms with Crippen molar-refractivity contribution >= 4 is 11.8 Å². The minimum absolute atomic E-state index is 0.0797. The fourth-order valence-corrected chi connectivity index (χ4v) is 3.14. The highest BCUT2D eigenvalue weighted by atomic mass is 19.1. The smallest absolute Gasteiger partial charge is 0.276 e. The molecular weight excluding hydrogens is 351 g/mol. The zero-order valence-electron chi connectivity index (χ0n) is 15.0. The van der Waals surface area contributed by atoms with Crippen molar-refractivity contribution in [1.29, 1.82) is 0 Å². The van der Waals surface area contributed by atoms with Crippen LogP contribution in [0.15, 0.2) is 30.5 Å². The van der Waals surface area contributed by atoms with E-state index in [1.165, 1.54) is 23.1 Å². The lowest BCUT2D eigenvalue weighted by molar-refractivity contribution is -0.121. The Morgan fingerprint density at radius 2 is 2.04 bits per heavy atom. The molecule has 0 saturated carbocycles. The number of halogens is 1. The summed E-state index contributed by atoms with van der Waals surface area (Å²) in [6.45, 7) is 1.31. The highest BCUT2D eigenvalue weighted by Crippen LogP contribution is 2.19. The largest absolute Gasteiger partial charge is 0.354 e. The first kappa shape index (κ1) is 19.0. The number of nitrogens with two attached hydrogens (primary N) is 1. The predicted molar refractivity (Wildman–Crippen MR) is 96.7 cm³/mol. The quantitative estimate of drug-likeness (QED) is 0.780. The number of nitrogens with one attached hydrogen (secondary N) is 1. The lowest BCUT2D eigenvalue weighted by Crippen LogP contribution is -2.49. The van der Waals surface area contributed by atoms with Crippen LogP contribution in [0.25, 0.3) is 5.69 Å². The van der Waals surface area contributed by atoms with Crippen molar-refractivity contribution in [1.82, 2.24) is 25.2 Å². The second-order valence-electron chi connectivity index (χ2n) is 6.49. The van der Waals surface area contributed by atoms with Crippen LogP contribution in [0.5, 0.6) is 0 Å². The van der Waals surface area contributed by atoms with Gasteiger partial charge in [0.25, 0.3) is 5.91 Å². The van der Waals surface area contributed by atoms with E-state index in [-0.39, 0.29) is 35.8 Å². The Labute approximate surface area is 156 Å². The number of piperidine rings is 1. The molecule has 3 N–H and O–H groups in total. The number of rotatable bonds is 6. The van der Waals surface area contributed by atoms with Crippen LogP contribution in [0.1, 0.15) is 36.2 Å². The minimum atomic E-state index is -0.352. The summed E-state index contributed by atoms with van der Waals surface area (Å²) in [5, 5.41) is 11.2. The molecule has 2 aromatic rings. The van der Waals surface area contributed by atoms with Crippen LogP contribution in [-0.4, -0.2) is 57.4 Å². The summed E-state index contributed by atoms with van der Waals surface area (Å²) < 4.78 is 13.1. The first-order valence-electron chi connectivity index (χ1n) is 9.04. The molecule has 1 aromatic heterocycles. The van der Waals surface area contributed by atoms with Gasteiger partial charge in [0.1, 0.15) is 5.82 Å². The van der Waals surface area contributed by atoms with Gasteiger partial charge in [-0.3, -0.25) is 9.59 Å². The molecule has 8 nitrogen and oxygen atoms in total. The summed E-state index contributed by atoms with van der Waals surface area (Å²) >= 11 is 0. The van der Waals surface area contributed by atoms with Crippen molar-refractivity contribution < 1.29 is 14.0 Å². The maximum absolute atomic E-state index is 13.1. The number of hydrogen-bond donors (Lipinski definition) is 2. The third-order valence-electron chi connectivity index (χ3n) is 4.56. The molecule has 0 radical (unpaired) electrons. The van der Waals surface area contributed by atoms with Gasteiger partial charge in [0.05, 0.1) is 11.9 Å². The van der Waals surface area contributed by atoms with Crippen molar-refractivity contribution in [3.8, 4) is 5.69 Å². The Balaban J connectivity index is 1.69. The van der Waals surface area contributed by atoms with E-state index < -0.39 is 0 Å². The molecule has 1 fully saturated rings. The molecule has 0 spiro atoms. The van der Waals surface area contributed by atoms with Gasteiger partial charge in [-0.05, 0) is 43.5 Å². The van der Waals surface area contributed by atoms with E-state index in [9.17, 15) is 14.0 Å². The standard InChI is InChI=1S/C18H23FN6O2/c19-13-4-6-14(7-5-13)25-22-12-16(23-25)18(27)24-10-2-1-3-15(24)11-21-17(26)8-9-20/h4-7,12,15H,1-3,8-11,20H2,(H,21,26). The number of nitrogens with zero attached hydrogens (tertiary/aromatic N) is 4. The number of carbonyl (C=O) groups is 2. The van der Waals surface area contributed by atoms with Crippen molar-refractivity contribution in [2.24, 2.45) is 5.73 Å². The number of carbonyl (C=O) groups excluding carboxylic acids is 2. The molecule has 144 valence electrons. The second-order valence-corrected chi connectivity index (χ2v) is 6.49. The Morgan fingerprint density at radius 1 is 1.26 bits per heavy atom. The molecule has 1 aliphatic heterocycles. The van der Waals surface area contributed by atoms with Gasteiger partial charge in [-0.25, -0.2) is 4.39 Å². The highest BCUT2D eigenvalue weighted by Gasteiger charge is 2.29. The highest BCUT2D eigenvalue weighted by molar-refractivity contribution is 5.92. The molecule has 0 bridgehead atoms. The first-order valence-corrected chi connectivity index (χ1v) is 9.04. The third-order valence-corrected chi connectivity index (χ3v) is 4.56. The van der Waals surface area contributed by atoms with Crippen LogP contribution in [-0.2, 0) is 4.79 Å². The summed E-state index contributed by atoms with van der Waals surface area (Å²) in [7, 11) is 0. The molecular formula is C18H23FN6O2. The number of aromatic nitrogens is 3. The number of likely N-dealkylation sites (tertiary alicyclic amines) is 1. The van der Waals surface area contributed by atoms with Crippen molar-refractivity contribution in [2.75, 3.05) is 19.6 Å². The molecule has 1 aromatic carbocycles. The molecule has 0 aliphatic carbocycles. The van der Waals surface area contributed by atoms with E-state index in [4.69, 9.17) is 5.73 Å². The van der Waals surface area contributed by atoms with E-state index in [0.717, 1.165) is 19.3 Å². The van der Waals surface area contributed by atoms with Crippen LogP contribution in [0.4, 0.5) is 4.39 Å². The van der Waals surface area contributed by atoms with Gasteiger partial charge < -0.3 is 16.0 Å². The number of amides is 2. The van der Waals surface area contributed by atoms with Crippen LogP contribution >= 0.6 is 0 Å². The van der Waals surface area contributed by atoms with Crippen molar-refractivity contribution in [3.63, 3.8) is 0 Å². The molecule has 27 heavy (non-hydrogen) atoms. The lowest BCUT2D eigenvalue weighted by Gasteiger charge is -2.35. The zero-order chi connectivity index (χ0) is 19.2. The fraction of sp³-hybridized carbons (Fsp3) is 0.444. The van der Waals surface area contributed by atoms with Crippen LogP contribution in [0.2, 0.25) is 0 Å². The molecule has 1 aliphatic rings. The molecule has 1 atom stereocenters. The Morgan fingerprint density at radius 3 is 2.78 bits per heavy atom. The Kier molecular flexibility index (Phi) is 6.12. The monoisotopic (exact) mass is 374 g/mol. The molecule has 2 amide bonds. The van der Waals surface area contributed by atoms with Crippen molar-refractivity contribution in [2.45, 2.75) is 31.7 Å². The van der Waals surface area contributed by atoms with Crippen molar-refractivity contribution in [3.05, 3.63) is 42.0 Å².